The Morgan fingerprint density at radius 3 is 2.89 bits per heavy atom. The summed E-state index contributed by atoms with van der Waals surface area (Å²) in [4.78, 5) is 28.0. The molecule has 1 atom stereocenters. The van der Waals surface area contributed by atoms with Gasteiger partial charge in [0.1, 0.15) is 6.54 Å². The number of carbonyl (C=O) groups excluding carboxylic acids is 2. The number of thiophene rings is 1. The van der Waals surface area contributed by atoms with Gasteiger partial charge in [0, 0.05) is 24.5 Å². The molecule has 0 radical (unpaired) electrons. The lowest BCUT2D eigenvalue weighted by atomic mass is 10.2. The molecule has 104 valence electrons. The van der Waals surface area contributed by atoms with E-state index >= 15 is 0 Å². The first-order chi connectivity index (χ1) is 8.97. The molecule has 0 bridgehead atoms. The summed E-state index contributed by atoms with van der Waals surface area (Å²) in [6.45, 7) is 3.15. The van der Waals surface area contributed by atoms with Crippen molar-refractivity contribution in [1.29, 1.82) is 0 Å². The molecule has 1 saturated heterocycles. The van der Waals surface area contributed by atoms with E-state index in [0.717, 1.165) is 8.66 Å². The number of amides is 3. The van der Waals surface area contributed by atoms with Crippen molar-refractivity contribution in [3.8, 4) is 0 Å². The molecule has 5 nitrogen and oxygen atoms in total. The standard InChI is InChI=1S/C12H16BrN3O2S/c1-8-6-16(7-11(17)15(8)2)12(18)14-5-9-3-4-10(13)19-9/h3-4,8H,5-7H2,1-2H3,(H,14,18)/t8-/m0/s1. The van der Waals surface area contributed by atoms with E-state index in [1.165, 1.54) is 0 Å². The fraction of sp³-hybridized carbons (Fsp3) is 0.500. The molecule has 1 aromatic rings. The molecular formula is C12H16BrN3O2S. The highest BCUT2D eigenvalue weighted by Gasteiger charge is 2.29. The zero-order valence-corrected chi connectivity index (χ0v) is 13.3. The summed E-state index contributed by atoms with van der Waals surface area (Å²) in [5.74, 6) is -0.0206. The van der Waals surface area contributed by atoms with Gasteiger partial charge in [-0.15, -0.1) is 11.3 Å². The van der Waals surface area contributed by atoms with Gasteiger partial charge >= 0.3 is 6.03 Å². The lowest BCUT2D eigenvalue weighted by molar-refractivity contribution is -0.135. The largest absolute Gasteiger partial charge is 0.340 e. The average molecular weight is 346 g/mol. The smallest absolute Gasteiger partial charge is 0.318 e. The SMILES string of the molecule is C[C@H]1CN(C(=O)NCc2ccc(Br)s2)CC(=O)N1C. The fourth-order valence-corrected chi connectivity index (χ4v) is 3.33. The van der Waals surface area contributed by atoms with Crippen LogP contribution in [0.25, 0.3) is 0 Å². The van der Waals surface area contributed by atoms with Crippen LogP contribution in [-0.4, -0.2) is 47.9 Å². The molecule has 1 aliphatic heterocycles. The molecule has 7 heteroatoms. The number of hydrogen-bond donors (Lipinski definition) is 1. The van der Waals surface area contributed by atoms with Crippen LogP contribution in [0.3, 0.4) is 0 Å². The van der Waals surface area contributed by atoms with Gasteiger partial charge in [-0.25, -0.2) is 4.79 Å². The third kappa shape index (κ3) is 3.48. The predicted molar refractivity (Wildman–Crippen MR) is 78.1 cm³/mol. The van der Waals surface area contributed by atoms with E-state index in [1.54, 1.807) is 28.2 Å². The number of hydrogen-bond acceptors (Lipinski definition) is 3. The van der Waals surface area contributed by atoms with E-state index in [0.29, 0.717) is 13.1 Å². The summed E-state index contributed by atoms with van der Waals surface area (Å²) in [7, 11) is 1.77. The number of likely N-dealkylation sites (N-methyl/N-ethyl adjacent to an activating group) is 1. The molecule has 1 aromatic heterocycles. The van der Waals surface area contributed by atoms with Gasteiger partial charge in [0.25, 0.3) is 0 Å². The predicted octanol–water partition coefficient (Wildman–Crippen LogP) is 1.88. The summed E-state index contributed by atoms with van der Waals surface area (Å²) in [5, 5.41) is 2.84. The van der Waals surface area contributed by atoms with Gasteiger partial charge in [0.05, 0.1) is 10.3 Å². The van der Waals surface area contributed by atoms with Crippen molar-refractivity contribution in [1.82, 2.24) is 15.1 Å². The summed E-state index contributed by atoms with van der Waals surface area (Å²) >= 11 is 4.97. The Hall–Kier alpha value is -1.08. The number of nitrogens with zero attached hydrogens (tertiary/aromatic N) is 2. The maximum atomic E-state index is 12.0. The second-order valence-corrected chi connectivity index (χ2v) is 7.15. The third-order valence-corrected chi connectivity index (χ3v) is 4.82. The Balaban J connectivity index is 1.88. The monoisotopic (exact) mass is 345 g/mol. The zero-order chi connectivity index (χ0) is 14.0. The van der Waals surface area contributed by atoms with E-state index in [2.05, 4.69) is 21.2 Å². The normalized spacial score (nSPS) is 19.7. The Bertz CT molecular complexity index is 491. The molecule has 1 aliphatic rings. The summed E-state index contributed by atoms with van der Waals surface area (Å²) in [6, 6.07) is 3.79. The lowest BCUT2D eigenvalue weighted by Crippen LogP contribution is -2.57. The molecule has 19 heavy (non-hydrogen) atoms. The highest BCUT2D eigenvalue weighted by Crippen LogP contribution is 2.21. The maximum absolute atomic E-state index is 12.0. The molecule has 0 aliphatic carbocycles. The Morgan fingerprint density at radius 1 is 1.58 bits per heavy atom. The van der Waals surface area contributed by atoms with Crippen LogP contribution in [0, 0.1) is 0 Å². The van der Waals surface area contributed by atoms with Crippen molar-refractivity contribution in [2.75, 3.05) is 20.1 Å². The Morgan fingerprint density at radius 2 is 2.32 bits per heavy atom. The van der Waals surface area contributed by atoms with Crippen LogP contribution in [0.4, 0.5) is 4.79 Å². The fourth-order valence-electron chi connectivity index (χ4n) is 1.90. The van der Waals surface area contributed by atoms with Gasteiger partial charge in [-0.3, -0.25) is 4.79 Å². The van der Waals surface area contributed by atoms with Crippen LogP contribution in [0.2, 0.25) is 0 Å². The first kappa shape index (κ1) is 14.3. The highest BCUT2D eigenvalue weighted by molar-refractivity contribution is 9.11. The highest BCUT2D eigenvalue weighted by atomic mass is 79.9. The van der Waals surface area contributed by atoms with Gasteiger partial charge in [-0.1, -0.05) is 0 Å². The van der Waals surface area contributed by atoms with Crippen LogP contribution >= 0.6 is 27.3 Å². The van der Waals surface area contributed by atoms with Crippen molar-refractivity contribution in [2.45, 2.75) is 19.5 Å². The minimum Gasteiger partial charge on any atom is -0.340 e. The summed E-state index contributed by atoms with van der Waals surface area (Å²) < 4.78 is 1.04. The van der Waals surface area contributed by atoms with Crippen molar-refractivity contribution >= 4 is 39.2 Å². The number of rotatable bonds is 2. The Labute approximate surface area is 124 Å². The summed E-state index contributed by atoms with van der Waals surface area (Å²) in [6.07, 6.45) is 0. The second kappa shape index (κ2) is 5.92. The van der Waals surface area contributed by atoms with Gasteiger partial charge in [0.2, 0.25) is 5.91 Å². The minimum atomic E-state index is -0.183. The van der Waals surface area contributed by atoms with Gasteiger partial charge in [0.15, 0.2) is 0 Å². The maximum Gasteiger partial charge on any atom is 0.318 e. The van der Waals surface area contributed by atoms with Crippen LogP contribution < -0.4 is 5.32 Å². The first-order valence-corrected chi connectivity index (χ1v) is 7.61. The number of halogens is 1. The van der Waals surface area contributed by atoms with E-state index in [-0.39, 0.29) is 24.5 Å². The first-order valence-electron chi connectivity index (χ1n) is 6.00. The van der Waals surface area contributed by atoms with Crippen molar-refractivity contribution in [3.05, 3.63) is 20.8 Å². The van der Waals surface area contributed by atoms with Crippen molar-refractivity contribution in [2.24, 2.45) is 0 Å². The lowest BCUT2D eigenvalue weighted by Gasteiger charge is -2.37. The molecule has 0 saturated carbocycles. The third-order valence-electron chi connectivity index (χ3n) is 3.20. The molecule has 1 N–H and O–H groups in total. The Kier molecular flexibility index (Phi) is 4.46. The van der Waals surface area contributed by atoms with E-state index in [4.69, 9.17) is 0 Å². The van der Waals surface area contributed by atoms with Crippen molar-refractivity contribution < 1.29 is 9.59 Å². The van der Waals surface area contributed by atoms with Crippen LogP contribution in [0.5, 0.6) is 0 Å². The van der Waals surface area contributed by atoms with Crippen LogP contribution in [0.15, 0.2) is 15.9 Å². The molecule has 0 spiro atoms. The van der Waals surface area contributed by atoms with Crippen LogP contribution in [0.1, 0.15) is 11.8 Å². The quantitative estimate of drug-likeness (QED) is 0.889. The van der Waals surface area contributed by atoms with Gasteiger partial charge < -0.3 is 15.1 Å². The molecule has 2 heterocycles. The average Bonchev–Trinajstić information content (AvgIpc) is 2.78. The van der Waals surface area contributed by atoms with Crippen LogP contribution in [-0.2, 0) is 11.3 Å². The molecule has 1 fully saturated rings. The summed E-state index contributed by atoms with van der Waals surface area (Å²) in [5.41, 5.74) is 0. The number of urea groups is 1. The minimum absolute atomic E-state index is 0.0206. The van der Waals surface area contributed by atoms with Crippen molar-refractivity contribution in [3.63, 3.8) is 0 Å². The molecule has 0 aromatic carbocycles. The topological polar surface area (TPSA) is 52.7 Å². The molecular weight excluding hydrogens is 330 g/mol. The van der Waals surface area contributed by atoms with E-state index in [9.17, 15) is 9.59 Å². The van der Waals surface area contributed by atoms with E-state index in [1.807, 2.05) is 19.1 Å². The number of carbonyl (C=O) groups is 2. The van der Waals surface area contributed by atoms with Gasteiger partial charge in [-0.05, 0) is 35.0 Å². The second-order valence-electron chi connectivity index (χ2n) is 4.60. The molecule has 3 amide bonds. The van der Waals surface area contributed by atoms with E-state index < -0.39 is 0 Å². The number of nitrogens with one attached hydrogen (secondary N) is 1. The number of piperazine rings is 1. The zero-order valence-electron chi connectivity index (χ0n) is 10.9. The molecule has 2 rings (SSSR count). The van der Waals surface area contributed by atoms with Gasteiger partial charge in [-0.2, -0.15) is 0 Å². The molecule has 0 unspecified atom stereocenters.